The van der Waals surface area contributed by atoms with Crippen molar-refractivity contribution in [3.63, 3.8) is 0 Å². The van der Waals surface area contributed by atoms with E-state index < -0.39 is 8.07 Å². The molecule has 2 atom stereocenters. The molecule has 8 nitrogen and oxygen atoms in total. The Hall–Kier alpha value is -1.68. The van der Waals surface area contributed by atoms with Crippen LogP contribution in [0.25, 0.3) is 11.4 Å². The van der Waals surface area contributed by atoms with Gasteiger partial charge in [-0.15, -0.1) is 0 Å². The minimum absolute atomic E-state index is 0.0114. The van der Waals surface area contributed by atoms with Crippen molar-refractivity contribution in [1.82, 2.24) is 19.6 Å². The molecule has 2 aromatic rings. The van der Waals surface area contributed by atoms with Crippen LogP contribution in [-0.2, 0) is 20.9 Å². The summed E-state index contributed by atoms with van der Waals surface area (Å²) >= 11 is 0. The number of hydrogen-bond acceptors (Lipinski definition) is 6. The molecule has 2 aromatic heterocycles. The second-order valence-corrected chi connectivity index (χ2v) is 15.5. The highest BCUT2D eigenvalue weighted by Crippen LogP contribution is 2.31. The predicted octanol–water partition coefficient (Wildman–Crippen LogP) is 3.98. The molecule has 0 bridgehead atoms. The summed E-state index contributed by atoms with van der Waals surface area (Å²) in [6.45, 7) is 13.6. The van der Waals surface area contributed by atoms with E-state index in [2.05, 4.69) is 42.6 Å². The minimum atomic E-state index is -1.12. The summed E-state index contributed by atoms with van der Waals surface area (Å²) in [6.07, 6.45) is 5.11. The van der Waals surface area contributed by atoms with Crippen molar-refractivity contribution in [2.75, 3.05) is 37.9 Å². The number of aromatic nitrogens is 4. The zero-order chi connectivity index (χ0) is 21.8. The Balaban J connectivity index is 1.58. The van der Waals surface area contributed by atoms with E-state index in [1.807, 2.05) is 21.6 Å². The summed E-state index contributed by atoms with van der Waals surface area (Å²) in [7, 11) is -1.12. The van der Waals surface area contributed by atoms with Crippen molar-refractivity contribution in [2.45, 2.75) is 70.9 Å². The van der Waals surface area contributed by atoms with Crippen LogP contribution in [-0.4, -0.2) is 66.6 Å². The summed E-state index contributed by atoms with van der Waals surface area (Å²) in [4.78, 5) is 2.37. The summed E-state index contributed by atoms with van der Waals surface area (Å²) < 4.78 is 21.7. The number of anilines is 1. The van der Waals surface area contributed by atoms with E-state index in [4.69, 9.17) is 19.3 Å². The van der Waals surface area contributed by atoms with Crippen molar-refractivity contribution in [3.05, 3.63) is 18.3 Å². The first kappa shape index (κ1) is 22.5. The summed E-state index contributed by atoms with van der Waals surface area (Å²) in [5, 5.41) is 9.52. The number of morpholine rings is 1. The molecule has 0 radical (unpaired) electrons. The van der Waals surface area contributed by atoms with E-state index in [1.54, 1.807) is 0 Å². The van der Waals surface area contributed by atoms with E-state index in [0.717, 1.165) is 69.1 Å². The van der Waals surface area contributed by atoms with E-state index in [0.29, 0.717) is 12.8 Å². The van der Waals surface area contributed by atoms with Gasteiger partial charge in [-0.1, -0.05) is 19.6 Å². The Morgan fingerprint density at radius 1 is 1.23 bits per heavy atom. The average Bonchev–Trinajstić information content (AvgIpc) is 3.39. The number of nitrogens with zero attached hydrogens (tertiary/aromatic N) is 5. The third kappa shape index (κ3) is 5.57. The van der Waals surface area contributed by atoms with Gasteiger partial charge in [0.05, 0.1) is 24.9 Å². The zero-order valence-electron chi connectivity index (χ0n) is 19.4. The van der Waals surface area contributed by atoms with Gasteiger partial charge in [0.15, 0.2) is 6.23 Å². The monoisotopic (exact) mass is 447 g/mol. The molecular formula is C22H37N5O3Si. The maximum Gasteiger partial charge on any atom is 0.150 e. The largest absolute Gasteiger partial charge is 0.377 e. The third-order valence-electron chi connectivity index (χ3n) is 5.99. The molecule has 9 heteroatoms. The molecular weight excluding hydrogens is 410 g/mol. The molecule has 0 saturated carbocycles. The Kier molecular flexibility index (Phi) is 7.15. The molecule has 31 heavy (non-hydrogen) atoms. The van der Waals surface area contributed by atoms with Crippen molar-refractivity contribution < 1.29 is 14.2 Å². The van der Waals surface area contributed by atoms with Gasteiger partial charge < -0.3 is 19.1 Å². The van der Waals surface area contributed by atoms with Crippen LogP contribution in [0, 0.1) is 0 Å². The molecule has 0 aromatic carbocycles. The zero-order valence-corrected chi connectivity index (χ0v) is 20.4. The summed E-state index contributed by atoms with van der Waals surface area (Å²) in [5.41, 5.74) is 1.91. The van der Waals surface area contributed by atoms with Gasteiger partial charge in [-0.05, 0) is 38.3 Å². The van der Waals surface area contributed by atoms with Crippen LogP contribution in [0.15, 0.2) is 18.3 Å². The van der Waals surface area contributed by atoms with E-state index in [9.17, 15) is 0 Å². The van der Waals surface area contributed by atoms with Crippen molar-refractivity contribution >= 4 is 13.9 Å². The van der Waals surface area contributed by atoms with Crippen LogP contribution in [0.4, 0.5) is 5.82 Å². The fourth-order valence-electron chi connectivity index (χ4n) is 4.12. The van der Waals surface area contributed by atoms with Crippen molar-refractivity contribution in [2.24, 2.45) is 0 Å². The number of rotatable bonds is 8. The summed E-state index contributed by atoms with van der Waals surface area (Å²) in [6, 6.07) is 5.64. The summed E-state index contributed by atoms with van der Waals surface area (Å²) in [5.74, 6) is 1.08. The number of ether oxygens (including phenoxy) is 3. The van der Waals surface area contributed by atoms with Crippen LogP contribution in [0.5, 0.6) is 0 Å². The lowest BCUT2D eigenvalue weighted by molar-refractivity contribution is -0.0384. The minimum Gasteiger partial charge on any atom is -0.377 e. The molecule has 2 aliphatic heterocycles. The third-order valence-corrected chi connectivity index (χ3v) is 7.70. The van der Waals surface area contributed by atoms with Gasteiger partial charge in [0.1, 0.15) is 18.2 Å². The highest BCUT2D eigenvalue weighted by molar-refractivity contribution is 6.76. The second kappa shape index (κ2) is 9.85. The molecule has 2 aliphatic rings. The molecule has 0 amide bonds. The quantitative estimate of drug-likeness (QED) is 0.450. The van der Waals surface area contributed by atoms with Crippen LogP contribution >= 0.6 is 0 Å². The Morgan fingerprint density at radius 2 is 2.10 bits per heavy atom. The molecule has 1 unspecified atom stereocenters. The van der Waals surface area contributed by atoms with Gasteiger partial charge in [0.2, 0.25) is 0 Å². The van der Waals surface area contributed by atoms with Gasteiger partial charge in [0, 0.05) is 40.1 Å². The van der Waals surface area contributed by atoms with E-state index in [1.165, 1.54) is 6.42 Å². The lowest BCUT2D eigenvalue weighted by Crippen LogP contribution is -2.44. The maximum atomic E-state index is 6.07. The van der Waals surface area contributed by atoms with Crippen LogP contribution in [0.3, 0.4) is 0 Å². The van der Waals surface area contributed by atoms with Gasteiger partial charge in [-0.2, -0.15) is 10.2 Å². The molecule has 4 heterocycles. The predicted molar refractivity (Wildman–Crippen MR) is 124 cm³/mol. The topological polar surface area (TPSA) is 66.6 Å². The highest BCUT2D eigenvalue weighted by Gasteiger charge is 2.26. The van der Waals surface area contributed by atoms with Crippen molar-refractivity contribution in [3.8, 4) is 11.4 Å². The SMILES string of the molecule is C[C@@H]1COCCN1c1cc(-c2ccnn2C2CCCCO2)nn1COCC[Si](C)(C)C. The van der Waals surface area contributed by atoms with Crippen LogP contribution in [0.1, 0.15) is 32.4 Å². The molecule has 2 saturated heterocycles. The lowest BCUT2D eigenvalue weighted by Gasteiger charge is -2.35. The molecule has 0 aliphatic carbocycles. The van der Waals surface area contributed by atoms with Crippen LogP contribution < -0.4 is 4.90 Å². The molecule has 4 rings (SSSR count). The first-order valence-corrected chi connectivity index (χ1v) is 15.3. The van der Waals surface area contributed by atoms with Gasteiger partial charge in [-0.25, -0.2) is 9.36 Å². The van der Waals surface area contributed by atoms with Gasteiger partial charge in [0.25, 0.3) is 0 Å². The number of hydrogen-bond donors (Lipinski definition) is 0. The molecule has 172 valence electrons. The first-order chi connectivity index (χ1) is 14.9. The first-order valence-electron chi connectivity index (χ1n) is 11.6. The molecule has 0 N–H and O–H groups in total. The molecule has 2 fully saturated rings. The van der Waals surface area contributed by atoms with Crippen LogP contribution in [0.2, 0.25) is 25.7 Å². The highest BCUT2D eigenvalue weighted by atomic mass is 28.3. The lowest BCUT2D eigenvalue weighted by atomic mass is 10.2. The standard InChI is InChI=1S/C22H37N5O3Si/c1-18-16-28-12-10-25(18)21-15-19(24-26(21)17-29-13-14-31(2,3)4)20-8-9-23-27(20)22-7-5-6-11-30-22/h8-9,15,18,22H,5-7,10-14,16-17H2,1-4H3/t18-,22?/m1/s1. The maximum absolute atomic E-state index is 6.07. The smallest absolute Gasteiger partial charge is 0.150 e. The van der Waals surface area contributed by atoms with E-state index in [-0.39, 0.29) is 6.23 Å². The Bertz CT molecular complexity index is 841. The fraction of sp³-hybridized carbons (Fsp3) is 0.727. The van der Waals surface area contributed by atoms with Gasteiger partial charge >= 0.3 is 0 Å². The molecule has 0 spiro atoms. The second-order valence-electron chi connectivity index (χ2n) is 9.83. The fourth-order valence-corrected chi connectivity index (χ4v) is 4.88. The van der Waals surface area contributed by atoms with Gasteiger partial charge in [-0.3, -0.25) is 0 Å². The van der Waals surface area contributed by atoms with E-state index >= 15 is 0 Å². The average molecular weight is 448 g/mol. The van der Waals surface area contributed by atoms with Crippen molar-refractivity contribution in [1.29, 1.82) is 0 Å². The normalized spacial score (nSPS) is 22.8. The Labute approximate surface area is 186 Å². The Morgan fingerprint density at radius 3 is 2.84 bits per heavy atom.